The molecular formula is C29H31N5O5S2. The molecule has 5 rings (SSSR count). The highest BCUT2D eigenvalue weighted by Gasteiger charge is 2.29. The van der Waals surface area contributed by atoms with Gasteiger partial charge in [-0.1, -0.05) is 48.5 Å². The van der Waals surface area contributed by atoms with Crippen LogP contribution in [0.5, 0.6) is 5.75 Å². The third-order valence-corrected chi connectivity index (χ3v) is 9.99. The van der Waals surface area contributed by atoms with E-state index in [2.05, 4.69) is 14.7 Å². The Bertz CT molecular complexity index is 1780. The number of hydrogen-bond acceptors (Lipinski definition) is 7. The van der Waals surface area contributed by atoms with Gasteiger partial charge in [-0.3, -0.25) is 0 Å². The van der Waals surface area contributed by atoms with E-state index in [1.807, 2.05) is 48.5 Å². The van der Waals surface area contributed by atoms with Gasteiger partial charge in [0.1, 0.15) is 22.3 Å². The van der Waals surface area contributed by atoms with Gasteiger partial charge in [-0.25, -0.2) is 13.4 Å². The average molecular weight is 594 g/mol. The molecule has 0 atom stereocenters. The lowest BCUT2D eigenvalue weighted by atomic mass is 10.0. The minimum atomic E-state index is -3.90. The monoisotopic (exact) mass is 593 g/mol. The second-order valence-corrected chi connectivity index (χ2v) is 13.2. The molecule has 214 valence electrons. The number of aryl methyl sites for hydroxylation is 2. The van der Waals surface area contributed by atoms with Crippen LogP contribution in [0, 0.1) is 6.92 Å². The van der Waals surface area contributed by atoms with Gasteiger partial charge in [-0.05, 0) is 54.3 Å². The highest BCUT2D eigenvalue weighted by atomic mass is 32.2. The van der Waals surface area contributed by atoms with E-state index in [4.69, 9.17) is 4.74 Å². The first-order valence-corrected chi connectivity index (χ1v) is 15.9. The van der Waals surface area contributed by atoms with Gasteiger partial charge in [-0.15, -0.1) is 4.40 Å². The van der Waals surface area contributed by atoms with Crippen molar-refractivity contribution in [1.82, 2.24) is 19.2 Å². The molecular weight excluding hydrogens is 562 g/mol. The number of sulfonamides is 2. The van der Waals surface area contributed by atoms with Crippen molar-refractivity contribution in [2.24, 2.45) is 11.4 Å². The largest absolute Gasteiger partial charge is 0.497 e. The maximum atomic E-state index is 13.7. The van der Waals surface area contributed by atoms with E-state index < -0.39 is 20.0 Å². The van der Waals surface area contributed by atoms with Gasteiger partial charge < -0.3 is 14.6 Å². The highest BCUT2D eigenvalue weighted by molar-refractivity contribution is 7.90. The second-order valence-electron chi connectivity index (χ2n) is 9.69. The molecule has 0 fully saturated rings. The van der Waals surface area contributed by atoms with Gasteiger partial charge in [-0.2, -0.15) is 12.7 Å². The van der Waals surface area contributed by atoms with Crippen LogP contribution in [0.4, 0.5) is 0 Å². The highest BCUT2D eigenvalue weighted by Crippen LogP contribution is 2.26. The fraction of sp³-hybridized carbons (Fsp3) is 0.241. The van der Waals surface area contributed by atoms with Crippen LogP contribution in [-0.2, 0) is 33.6 Å². The van der Waals surface area contributed by atoms with Crippen molar-refractivity contribution >= 4 is 25.9 Å². The summed E-state index contributed by atoms with van der Waals surface area (Å²) in [4.78, 5) is 4.43. The molecule has 1 aromatic heterocycles. The molecule has 41 heavy (non-hydrogen) atoms. The summed E-state index contributed by atoms with van der Waals surface area (Å²) in [5, 5.41) is 3.06. The molecule has 0 aliphatic carbocycles. The Morgan fingerprint density at radius 3 is 2.27 bits per heavy atom. The Balaban J connectivity index is 1.32. The number of nitrogens with one attached hydrogen (secondary N) is 1. The minimum Gasteiger partial charge on any atom is -0.497 e. The Hall–Kier alpha value is -4.00. The molecule has 4 aromatic rings. The molecule has 0 unspecified atom stereocenters. The van der Waals surface area contributed by atoms with Crippen LogP contribution < -0.4 is 10.1 Å². The Labute approximate surface area is 240 Å². The van der Waals surface area contributed by atoms with E-state index in [0.717, 1.165) is 22.4 Å². The van der Waals surface area contributed by atoms with E-state index in [1.54, 1.807) is 43.8 Å². The Morgan fingerprint density at radius 1 is 0.976 bits per heavy atom. The van der Waals surface area contributed by atoms with Crippen LogP contribution >= 0.6 is 0 Å². The van der Waals surface area contributed by atoms with Crippen LogP contribution in [0.3, 0.4) is 0 Å². The Morgan fingerprint density at radius 2 is 1.63 bits per heavy atom. The number of benzene rings is 3. The van der Waals surface area contributed by atoms with Crippen molar-refractivity contribution in [3.8, 4) is 16.9 Å². The number of amidine groups is 1. The van der Waals surface area contributed by atoms with Crippen LogP contribution in [0.1, 0.15) is 23.4 Å². The normalized spacial score (nSPS) is 14.1. The zero-order valence-corrected chi connectivity index (χ0v) is 24.6. The summed E-state index contributed by atoms with van der Waals surface area (Å²) in [6, 6.07) is 22.1. The van der Waals surface area contributed by atoms with Gasteiger partial charge in [0.25, 0.3) is 20.0 Å². The SMILES string of the molecule is COc1ccc(-c2ccc(CN(CCCNC3=NS(=O)(=O)c4ccccc43)S(=O)(=O)c3cn(C)c(C)n3)cc2)cc1. The molecule has 12 heteroatoms. The maximum absolute atomic E-state index is 13.7. The van der Waals surface area contributed by atoms with Gasteiger partial charge in [0.05, 0.1) is 7.11 Å². The molecule has 1 N–H and O–H groups in total. The first-order valence-electron chi connectivity index (χ1n) is 13.0. The summed E-state index contributed by atoms with van der Waals surface area (Å²) >= 11 is 0. The number of methoxy groups -OCH3 is 1. The summed E-state index contributed by atoms with van der Waals surface area (Å²) < 4.78 is 64.2. The lowest BCUT2D eigenvalue weighted by Crippen LogP contribution is -2.34. The maximum Gasteiger partial charge on any atom is 0.285 e. The predicted molar refractivity (Wildman–Crippen MR) is 157 cm³/mol. The van der Waals surface area contributed by atoms with Crippen molar-refractivity contribution in [3.63, 3.8) is 0 Å². The zero-order valence-electron chi connectivity index (χ0n) is 23.0. The van der Waals surface area contributed by atoms with Crippen LogP contribution in [-0.4, -0.2) is 56.7 Å². The molecule has 1 aliphatic heterocycles. The Kier molecular flexibility index (Phi) is 7.98. The minimum absolute atomic E-state index is 0.0134. The summed E-state index contributed by atoms with van der Waals surface area (Å²) in [6.07, 6.45) is 1.92. The van der Waals surface area contributed by atoms with Gasteiger partial charge in [0.2, 0.25) is 0 Å². The molecule has 0 bridgehead atoms. The van der Waals surface area contributed by atoms with Gasteiger partial charge in [0, 0.05) is 38.4 Å². The molecule has 2 heterocycles. The van der Waals surface area contributed by atoms with E-state index in [9.17, 15) is 16.8 Å². The number of fused-ring (bicyclic) bond motifs is 1. The lowest BCUT2D eigenvalue weighted by Gasteiger charge is -2.21. The molecule has 0 radical (unpaired) electrons. The van der Waals surface area contributed by atoms with Crippen LogP contribution in [0.2, 0.25) is 0 Å². The number of hydrogen-bond donors (Lipinski definition) is 1. The smallest absolute Gasteiger partial charge is 0.285 e. The predicted octanol–water partition coefficient (Wildman–Crippen LogP) is 3.72. The summed E-state index contributed by atoms with van der Waals surface area (Å²) in [5.41, 5.74) is 3.36. The van der Waals surface area contributed by atoms with Gasteiger partial charge >= 0.3 is 0 Å². The molecule has 1 aliphatic rings. The molecule has 0 saturated carbocycles. The van der Waals surface area contributed by atoms with Crippen LogP contribution in [0.25, 0.3) is 11.1 Å². The van der Waals surface area contributed by atoms with Gasteiger partial charge in [0.15, 0.2) is 5.03 Å². The fourth-order valence-electron chi connectivity index (χ4n) is 4.55. The van der Waals surface area contributed by atoms with E-state index in [0.29, 0.717) is 24.4 Å². The number of ether oxygens (including phenoxy) is 1. The number of rotatable bonds is 10. The molecule has 0 saturated heterocycles. The van der Waals surface area contributed by atoms with Crippen molar-refractivity contribution in [1.29, 1.82) is 0 Å². The van der Waals surface area contributed by atoms with E-state index >= 15 is 0 Å². The zero-order chi connectivity index (χ0) is 29.2. The third-order valence-electron chi connectivity index (χ3n) is 6.94. The third kappa shape index (κ3) is 6.04. The number of aromatic nitrogens is 2. The van der Waals surface area contributed by atoms with Crippen molar-refractivity contribution < 1.29 is 21.6 Å². The first kappa shape index (κ1) is 28.5. The topological polar surface area (TPSA) is 123 Å². The molecule has 0 amide bonds. The van der Waals surface area contributed by atoms with E-state index in [-0.39, 0.29) is 28.8 Å². The lowest BCUT2D eigenvalue weighted by molar-refractivity contribution is 0.398. The molecule has 3 aromatic carbocycles. The van der Waals surface area contributed by atoms with E-state index in [1.165, 1.54) is 16.6 Å². The average Bonchev–Trinajstić information content (AvgIpc) is 3.45. The molecule has 10 nitrogen and oxygen atoms in total. The number of nitrogens with zero attached hydrogens (tertiary/aromatic N) is 4. The summed E-state index contributed by atoms with van der Waals surface area (Å²) in [7, 11) is -4.26. The van der Waals surface area contributed by atoms with Crippen molar-refractivity contribution in [2.75, 3.05) is 20.2 Å². The summed E-state index contributed by atoms with van der Waals surface area (Å²) in [6.45, 7) is 2.41. The second kappa shape index (κ2) is 11.5. The summed E-state index contributed by atoms with van der Waals surface area (Å²) in [5.74, 6) is 1.63. The quantitative estimate of drug-likeness (QED) is 0.278. The fourth-order valence-corrected chi connectivity index (χ4v) is 7.24. The number of imidazole rings is 1. The first-order chi connectivity index (χ1) is 19.6. The van der Waals surface area contributed by atoms with Crippen molar-refractivity contribution in [2.45, 2.75) is 29.8 Å². The van der Waals surface area contributed by atoms with Crippen LogP contribution in [0.15, 0.2) is 93.3 Å². The molecule has 0 spiro atoms. The standard InChI is InChI=1S/C29H31N5O5S2/c1-21-31-28(20-33(21)2)41(37,38)34(18-6-17-30-29-26-7-4-5-8-27(26)40(35,36)32-29)19-22-9-11-23(12-10-22)24-13-15-25(39-3)16-14-24/h4-5,7-16,20H,6,17-19H2,1-3H3,(H,30,32). The van der Waals surface area contributed by atoms with Crippen molar-refractivity contribution in [3.05, 3.63) is 95.9 Å².